The van der Waals surface area contributed by atoms with Crippen molar-refractivity contribution < 1.29 is 0 Å². The van der Waals surface area contributed by atoms with Crippen molar-refractivity contribution in [2.24, 2.45) is 0 Å². The Hall–Kier alpha value is -0.720. The molecule has 0 amide bonds. The maximum absolute atomic E-state index is 5.96. The van der Waals surface area contributed by atoms with Gasteiger partial charge < -0.3 is 0 Å². The molecule has 2 heterocycles. The van der Waals surface area contributed by atoms with Crippen LogP contribution < -0.4 is 0 Å². The third kappa shape index (κ3) is 2.45. The van der Waals surface area contributed by atoms with E-state index in [0.717, 1.165) is 14.9 Å². The lowest BCUT2D eigenvalue weighted by molar-refractivity contribution is 0.937. The van der Waals surface area contributed by atoms with Crippen molar-refractivity contribution in [2.45, 2.75) is 23.2 Å². The summed E-state index contributed by atoms with van der Waals surface area (Å²) in [5.74, 6) is 0.664. The highest BCUT2D eigenvalue weighted by atomic mass is 35.5. The van der Waals surface area contributed by atoms with E-state index < -0.39 is 0 Å². The highest BCUT2D eigenvalue weighted by Crippen LogP contribution is 2.31. The molecule has 78 valence electrons. The molecular weight excluding hydrogens is 252 g/mol. The van der Waals surface area contributed by atoms with Crippen LogP contribution in [0.2, 0.25) is 5.15 Å². The molecule has 15 heavy (non-hydrogen) atoms. The second-order valence-corrected chi connectivity index (χ2v) is 5.18. The van der Waals surface area contributed by atoms with Crippen molar-refractivity contribution in [3.8, 4) is 0 Å². The molecule has 0 aromatic carbocycles. The Morgan fingerprint density at radius 1 is 1.33 bits per heavy atom. The van der Waals surface area contributed by atoms with E-state index in [1.165, 1.54) is 29.6 Å². The van der Waals surface area contributed by atoms with E-state index in [4.69, 9.17) is 11.6 Å². The number of halogens is 1. The molecule has 0 atom stereocenters. The van der Waals surface area contributed by atoms with E-state index in [-0.39, 0.29) is 0 Å². The summed E-state index contributed by atoms with van der Waals surface area (Å²) in [5.41, 5.74) is 0.877. The Balaban J connectivity index is 2.36. The number of nitrogens with zero attached hydrogens (tertiary/aromatic N) is 4. The Bertz CT molecular complexity index is 472. The first-order valence-corrected chi connectivity index (χ1v) is 6.09. The van der Waals surface area contributed by atoms with Gasteiger partial charge in [-0.1, -0.05) is 11.6 Å². The molecule has 0 unspecified atom stereocenters. The van der Waals surface area contributed by atoms with Gasteiger partial charge in [-0.3, -0.25) is 0 Å². The standard InChI is InChI=1S/C8H7ClN4S2/c1-4-6(9)12-5(2)13-7(4)14-8-10-3-11-15-8/h3H,1-2H3. The smallest absolute Gasteiger partial charge is 0.176 e. The summed E-state index contributed by atoms with van der Waals surface area (Å²) in [4.78, 5) is 12.5. The minimum Gasteiger partial charge on any atom is -0.226 e. The molecule has 0 spiro atoms. The monoisotopic (exact) mass is 258 g/mol. The Kier molecular flexibility index (Phi) is 3.18. The van der Waals surface area contributed by atoms with Gasteiger partial charge in [-0.2, -0.15) is 4.37 Å². The third-order valence-corrected chi connectivity index (χ3v) is 3.85. The van der Waals surface area contributed by atoms with Gasteiger partial charge in [0, 0.05) is 5.56 Å². The molecule has 0 saturated heterocycles. The second kappa shape index (κ2) is 4.42. The van der Waals surface area contributed by atoms with Crippen LogP contribution in [-0.4, -0.2) is 19.3 Å². The molecular formula is C8H7ClN4S2. The van der Waals surface area contributed by atoms with Crippen LogP contribution in [0.3, 0.4) is 0 Å². The lowest BCUT2D eigenvalue weighted by Gasteiger charge is -2.04. The van der Waals surface area contributed by atoms with Gasteiger partial charge in [0.15, 0.2) is 4.34 Å². The fraction of sp³-hybridized carbons (Fsp3) is 0.250. The molecule has 0 radical (unpaired) electrons. The summed E-state index contributed by atoms with van der Waals surface area (Å²) in [7, 11) is 0. The van der Waals surface area contributed by atoms with Crippen LogP contribution >= 0.6 is 34.9 Å². The summed E-state index contributed by atoms with van der Waals surface area (Å²) in [5, 5.41) is 1.33. The number of aromatic nitrogens is 4. The van der Waals surface area contributed by atoms with E-state index in [2.05, 4.69) is 19.3 Å². The summed E-state index contributed by atoms with van der Waals surface area (Å²) in [6, 6.07) is 0. The second-order valence-electron chi connectivity index (χ2n) is 2.80. The van der Waals surface area contributed by atoms with Crippen LogP contribution in [-0.2, 0) is 0 Å². The molecule has 0 bridgehead atoms. The molecule has 0 saturated carbocycles. The topological polar surface area (TPSA) is 51.6 Å². The zero-order valence-corrected chi connectivity index (χ0v) is 10.4. The van der Waals surface area contributed by atoms with Crippen LogP contribution in [0.25, 0.3) is 0 Å². The highest BCUT2D eigenvalue weighted by Gasteiger charge is 2.10. The van der Waals surface area contributed by atoms with Gasteiger partial charge in [-0.25, -0.2) is 15.0 Å². The van der Waals surface area contributed by atoms with E-state index >= 15 is 0 Å². The van der Waals surface area contributed by atoms with Crippen molar-refractivity contribution >= 4 is 34.9 Å². The van der Waals surface area contributed by atoms with Crippen LogP contribution in [0.15, 0.2) is 15.7 Å². The summed E-state index contributed by atoms with van der Waals surface area (Å²) in [6.45, 7) is 3.71. The molecule has 0 N–H and O–H groups in total. The molecule has 7 heteroatoms. The fourth-order valence-corrected chi connectivity index (χ4v) is 2.71. The first-order chi connectivity index (χ1) is 7.16. The number of aryl methyl sites for hydroxylation is 1. The van der Waals surface area contributed by atoms with Crippen LogP contribution in [0.5, 0.6) is 0 Å². The minimum atomic E-state index is 0.495. The Labute approximate surface area is 100 Å². The molecule has 2 aromatic heterocycles. The van der Waals surface area contributed by atoms with E-state index in [9.17, 15) is 0 Å². The van der Waals surface area contributed by atoms with E-state index in [1.54, 1.807) is 0 Å². The van der Waals surface area contributed by atoms with Crippen molar-refractivity contribution in [1.29, 1.82) is 0 Å². The molecule has 2 aromatic rings. The Morgan fingerprint density at radius 3 is 2.80 bits per heavy atom. The van der Waals surface area contributed by atoms with Gasteiger partial charge in [0.1, 0.15) is 22.3 Å². The van der Waals surface area contributed by atoms with Gasteiger partial charge in [0.25, 0.3) is 0 Å². The lowest BCUT2D eigenvalue weighted by Crippen LogP contribution is -1.94. The van der Waals surface area contributed by atoms with Gasteiger partial charge in [-0.05, 0) is 37.1 Å². The first-order valence-electron chi connectivity index (χ1n) is 4.12. The average Bonchev–Trinajstić information content (AvgIpc) is 2.66. The number of hydrogen-bond acceptors (Lipinski definition) is 6. The zero-order valence-electron chi connectivity index (χ0n) is 8.06. The normalized spacial score (nSPS) is 10.6. The summed E-state index contributed by atoms with van der Waals surface area (Å²) in [6.07, 6.45) is 1.53. The maximum Gasteiger partial charge on any atom is 0.176 e. The summed E-state index contributed by atoms with van der Waals surface area (Å²) >= 11 is 8.76. The van der Waals surface area contributed by atoms with Crippen LogP contribution in [0.4, 0.5) is 0 Å². The highest BCUT2D eigenvalue weighted by molar-refractivity contribution is 8.00. The van der Waals surface area contributed by atoms with Crippen molar-refractivity contribution in [3.63, 3.8) is 0 Å². The van der Waals surface area contributed by atoms with E-state index in [1.807, 2.05) is 13.8 Å². The predicted octanol–water partition coefficient (Wildman–Crippen LogP) is 2.75. The Morgan fingerprint density at radius 2 is 2.13 bits per heavy atom. The first kappa shape index (κ1) is 10.8. The maximum atomic E-state index is 5.96. The molecule has 0 aliphatic carbocycles. The molecule has 2 rings (SSSR count). The molecule has 4 nitrogen and oxygen atoms in total. The zero-order chi connectivity index (χ0) is 10.8. The third-order valence-electron chi connectivity index (χ3n) is 1.68. The predicted molar refractivity (Wildman–Crippen MR) is 60.5 cm³/mol. The average molecular weight is 259 g/mol. The van der Waals surface area contributed by atoms with Crippen molar-refractivity contribution in [1.82, 2.24) is 19.3 Å². The van der Waals surface area contributed by atoms with Gasteiger partial charge in [0.2, 0.25) is 0 Å². The largest absolute Gasteiger partial charge is 0.226 e. The SMILES string of the molecule is Cc1nc(Cl)c(C)c(Sc2ncns2)n1. The minimum absolute atomic E-state index is 0.495. The molecule has 0 fully saturated rings. The quantitative estimate of drug-likeness (QED) is 0.776. The van der Waals surface area contributed by atoms with Crippen LogP contribution in [0, 0.1) is 13.8 Å². The van der Waals surface area contributed by atoms with Gasteiger partial charge in [0.05, 0.1) is 0 Å². The van der Waals surface area contributed by atoms with Crippen molar-refractivity contribution in [3.05, 3.63) is 22.9 Å². The van der Waals surface area contributed by atoms with Gasteiger partial charge >= 0.3 is 0 Å². The van der Waals surface area contributed by atoms with E-state index in [0.29, 0.717) is 11.0 Å². The van der Waals surface area contributed by atoms with Crippen LogP contribution in [0.1, 0.15) is 11.4 Å². The summed E-state index contributed by atoms with van der Waals surface area (Å²) < 4.78 is 4.78. The lowest BCUT2D eigenvalue weighted by atomic mass is 10.4. The van der Waals surface area contributed by atoms with Crippen molar-refractivity contribution in [2.75, 3.05) is 0 Å². The molecule has 0 aliphatic heterocycles. The fourth-order valence-electron chi connectivity index (χ4n) is 0.960. The number of hydrogen-bond donors (Lipinski definition) is 0. The number of rotatable bonds is 2. The van der Waals surface area contributed by atoms with Gasteiger partial charge in [-0.15, -0.1) is 0 Å². The molecule has 0 aliphatic rings.